The largest absolute Gasteiger partial charge is 0.496 e. The summed E-state index contributed by atoms with van der Waals surface area (Å²) in [7, 11) is 3.29. The van der Waals surface area contributed by atoms with Gasteiger partial charge in [0, 0.05) is 44.8 Å². The molecule has 7 heteroatoms. The number of hydrogen-bond acceptors (Lipinski definition) is 5. The Balaban J connectivity index is 1.63. The topological polar surface area (TPSA) is 78.3 Å². The highest BCUT2D eigenvalue weighted by molar-refractivity contribution is 5.76. The molecule has 0 spiro atoms. The van der Waals surface area contributed by atoms with Gasteiger partial charge < -0.3 is 19.4 Å². The van der Waals surface area contributed by atoms with Crippen molar-refractivity contribution in [3.8, 4) is 5.75 Å². The molecule has 3 rings (SSSR count). The van der Waals surface area contributed by atoms with Crippen molar-refractivity contribution in [3.05, 3.63) is 54.0 Å². The Kier molecular flexibility index (Phi) is 6.38. The highest BCUT2D eigenvalue weighted by atomic mass is 16.5. The number of aromatic nitrogens is 3. The lowest BCUT2D eigenvalue weighted by Gasteiger charge is -2.10. The first-order valence-corrected chi connectivity index (χ1v) is 8.90. The third-order valence-electron chi connectivity index (χ3n) is 4.35. The molecule has 0 bridgehead atoms. The third kappa shape index (κ3) is 4.62. The van der Waals surface area contributed by atoms with Crippen LogP contribution in [0.2, 0.25) is 0 Å². The van der Waals surface area contributed by atoms with Crippen molar-refractivity contribution in [3.63, 3.8) is 0 Å². The van der Waals surface area contributed by atoms with Crippen LogP contribution in [-0.2, 0) is 29.0 Å². The Bertz CT molecular complexity index is 907. The number of rotatable bonds is 9. The van der Waals surface area contributed by atoms with Crippen molar-refractivity contribution in [2.24, 2.45) is 0 Å². The first-order valence-electron chi connectivity index (χ1n) is 8.90. The predicted octanol–water partition coefficient (Wildman–Crippen LogP) is 2.34. The quantitative estimate of drug-likeness (QED) is 0.627. The fraction of sp³-hybridized carbons (Fsp3) is 0.350. The minimum atomic E-state index is -0.0285. The van der Waals surface area contributed by atoms with Crippen LogP contribution < -0.4 is 10.1 Å². The van der Waals surface area contributed by atoms with Gasteiger partial charge in [-0.2, -0.15) is 0 Å². The average molecular weight is 368 g/mol. The molecule has 0 atom stereocenters. The molecule has 0 saturated carbocycles. The Labute approximate surface area is 158 Å². The maximum atomic E-state index is 12.3. The normalized spacial score (nSPS) is 10.9. The van der Waals surface area contributed by atoms with Crippen molar-refractivity contribution in [2.45, 2.75) is 25.9 Å². The van der Waals surface area contributed by atoms with Crippen molar-refractivity contribution < 1.29 is 14.3 Å². The number of amides is 1. The molecule has 1 aromatic carbocycles. The monoisotopic (exact) mass is 368 g/mol. The number of carbonyl (C=O) groups is 1. The predicted molar refractivity (Wildman–Crippen MR) is 103 cm³/mol. The second kappa shape index (κ2) is 9.14. The molecule has 2 aromatic heterocycles. The van der Waals surface area contributed by atoms with Crippen LogP contribution in [0.1, 0.15) is 17.8 Å². The van der Waals surface area contributed by atoms with E-state index in [0.29, 0.717) is 32.5 Å². The molecular formula is C20H24N4O3. The highest BCUT2D eigenvalue weighted by Crippen LogP contribution is 2.17. The number of para-hydroxylation sites is 1. The summed E-state index contributed by atoms with van der Waals surface area (Å²) in [6.45, 7) is 1.65. The van der Waals surface area contributed by atoms with Crippen LogP contribution in [0, 0.1) is 0 Å². The summed E-state index contributed by atoms with van der Waals surface area (Å²) in [4.78, 5) is 21.3. The zero-order valence-corrected chi connectivity index (χ0v) is 15.6. The molecule has 0 radical (unpaired) electrons. The summed E-state index contributed by atoms with van der Waals surface area (Å²) in [6, 6.07) is 11.4. The summed E-state index contributed by atoms with van der Waals surface area (Å²) in [5.74, 6) is 1.58. The summed E-state index contributed by atoms with van der Waals surface area (Å²) in [5, 5.41) is 2.94. The number of ether oxygens (including phenoxy) is 2. The van der Waals surface area contributed by atoms with Crippen LogP contribution in [-0.4, -0.2) is 41.3 Å². The number of methoxy groups -OCH3 is 2. The number of aryl methyl sites for hydroxylation is 1. The molecular weight excluding hydrogens is 344 g/mol. The molecule has 1 N–H and O–H groups in total. The van der Waals surface area contributed by atoms with E-state index in [1.807, 2.05) is 41.0 Å². The Morgan fingerprint density at radius 3 is 2.85 bits per heavy atom. The fourth-order valence-corrected chi connectivity index (χ4v) is 2.97. The van der Waals surface area contributed by atoms with E-state index in [1.54, 1.807) is 20.4 Å². The lowest BCUT2D eigenvalue weighted by molar-refractivity contribution is -0.121. The molecule has 0 aliphatic rings. The SMILES string of the molecule is COCCn1c(CCC(=O)NCc2ccccc2OC)nc2cccnc21. The summed E-state index contributed by atoms with van der Waals surface area (Å²) < 4.78 is 12.5. The number of pyridine rings is 1. The number of carbonyl (C=O) groups excluding carboxylic acids is 1. The maximum absolute atomic E-state index is 12.3. The second-order valence-corrected chi connectivity index (χ2v) is 6.11. The van der Waals surface area contributed by atoms with E-state index in [0.717, 1.165) is 28.3 Å². The van der Waals surface area contributed by atoms with Gasteiger partial charge in [-0.15, -0.1) is 0 Å². The van der Waals surface area contributed by atoms with Gasteiger partial charge in [-0.05, 0) is 18.2 Å². The van der Waals surface area contributed by atoms with Crippen LogP contribution in [0.15, 0.2) is 42.6 Å². The lowest BCUT2D eigenvalue weighted by Crippen LogP contribution is -2.24. The van der Waals surface area contributed by atoms with E-state index < -0.39 is 0 Å². The van der Waals surface area contributed by atoms with E-state index in [2.05, 4.69) is 15.3 Å². The van der Waals surface area contributed by atoms with Gasteiger partial charge in [-0.25, -0.2) is 9.97 Å². The van der Waals surface area contributed by atoms with Gasteiger partial charge in [0.2, 0.25) is 5.91 Å². The second-order valence-electron chi connectivity index (χ2n) is 6.11. The molecule has 2 heterocycles. The molecule has 0 fully saturated rings. The minimum Gasteiger partial charge on any atom is -0.496 e. The van der Waals surface area contributed by atoms with Crippen LogP contribution in [0.5, 0.6) is 5.75 Å². The molecule has 0 saturated heterocycles. The number of fused-ring (bicyclic) bond motifs is 1. The number of nitrogens with one attached hydrogen (secondary N) is 1. The van der Waals surface area contributed by atoms with Crippen molar-refractivity contribution >= 4 is 17.1 Å². The number of benzene rings is 1. The fourth-order valence-electron chi connectivity index (χ4n) is 2.97. The first kappa shape index (κ1) is 18.8. The molecule has 3 aromatic rings. The zero-order valence-electron chi connectivity index (χ0n) is 15.6. The summed E-state index contributed by atoms with van der Waals surface area (Å²) in [6.07, 6.45) is 2.64. The minimum absolute atomic E-state index is 0.0285. The van der Waals surface area contributed by atoms with Crippen molar-refractivity contribution in [1.29, 1.82) is 0 Å². The number of hydrogen-bond donors (Lipinski definition) is 1. The standard InChI is InChI=1S/C20H24N4O3/c1-26-13-12-24-18(23-16-7-5-11-21-20(16)24)9-10-19(25)22-14-15-6-3-4-8-17(15)27-2/h3-8,11H,9-10,12-14H2,1-2H3,(H,22,25). The van der Waals surface area contributed by atoms with E-state index in [1.165, 1.54) is 0 Å². The Hall–Kier alpha value is -2.93. The smallest absolute Gasteiger partial charge is 0.220 e. The average Bonchev–Trinajstić information content (AvgIpc) is 3.06. The maximum Gasteiger partial charge on any atom is 0.220 e. The zero-order chi connectivity index (χ0) is 19.1. The molecule has 0 aliphatic heterocycles. The molecule has 0 unspecified atom stereocenters. The molecule has 7 nitrogen and oxygen atoms in total. The molecule has 1 amide bonds. The third-order valence-corrected chi connectivity index (χ3v) is 4.35. The number of nitrogens with zero attached hydrogens (tertiary/aromatic N) is 3. The number of imidazole rings is 1. The van der Waals surface area contributed by atoms with Crippen LogP contribution in [0.4, 0.5) is 0 Å². The lowest BCUT2D eigenvalue weighted by atomic mass is 10.2. The van der Waals surface area contributed by atoms with Gasteiger partial charge in [0.25, 0.3) is 0 Å². The highest BCUT2D eigenvalue weighted by Gasteiger charge is 2.13. The van der Waals surface area contributed by atoms with Gasteiger partial charge in [-0.1, -0.05) is 18.2 Å². The van der Waals surface area contributed by atoms with E-state index in [4.69, 9.17) is 9.47 Å². The molecule has 27 heavy (non-hydrogen) atoms. The molecule has 0 aliphatic carbocycles. The Morgan fingerprint density at radius 1 is 1.19 bits per heavy atom. The van der Waals surface area contributed by atoms with Crippen molar-refractivity contribution in [2.75, 3.05) is 20.8 Å². The van der Waals surface area contributed by atoms with E-state index in [-0.39, 0.29) is 5.91 Å². The summed E-state index contributed by atoms with van der Waals surface area (Å²) in [5.41, 5.74) is 2.60. The Morgan fingerprint density at radius 2 is 2.04 bits per heavy atom. The van der Waals surface area contributed by atoms with E-state index in [9.17, 15) is 4.79 Å². The van der Waals surface area contributed by atoms with E-state index >= 15 is 0 Å². The van der Waals surface area contributed by atoms with Crippen LogP contribution in [0.25, 0.3) is 11.2 Å². The van der Waals surface area contributed by atoms with Gasteiger partial charge in [0.1, 0.15) is 17.1 Å². The van der Waals surface area contributed by atoms with Gasteiger partial charge in [0.15, 0.2) is 5.65 Å². The first-order chi connectivity index (χ1) is 13.2. The van der Waals surface area contributed by atoms with Gasteiger partial charge in [-0.3, -0.25) is 4.79 Å². The van der Waals surface area contributed by atoms with Crippen LogP contribution in [0.3, 0.4) is 0 Å². The summed E-state index contributed by atoms with van der Waals surface area (Å²) >= 11 is 0. The van der Waals surface area contributed by atoms with Gasteiger partial charge >= 0.3 is 0 Å². The molecule has 142 valence electrons. The van der Waals surface area contributed by atoms with Crippen molar-refractivity contribution in [1.82, 2.24) is 19.9 Å². The van der Waals surface area contributed by atoms with Crippen LogP contribution >= 0.6 is 0 Å². The van der Waals surface area contributed by atoms with Gasteiger partial charge in [0.05, 0.1) is 13.7 Å².